The van der Waals surface area contributed by atoms with Crippen molar-refractivity contribution in [3.05, 3.63) is 0 Å². The van der Waals surface area contributed by atoms with Crippen molar-refractivity contribution in [1.29, 1.82) is 0 Å². The number of rotatable bonds is 5. The zero-order valence-electron chi connectivity index (χ0n) is 11.1. The monoisotopic (exact) mass is 225 g/mol. The van der Waals surface area contributed by atoms with Crippen LogP contribution < -0.4 is 5.32 Å². The average Bonchev–Trinajstić information content (AvgIpc) is 3.01. The summed E-state index contributed by atoms with van der Waals surface area (Å²) in [6, 6.07) is 2.31. The summed E-state index contributed by atoms with van der Waals surface area (Å²) in [6.07, 6.45) is 4.10. The second-order valence-electron chi connectivity index (χ2n) is 5.72. The van der Waals surface area contributed by atoms with Gasteiger partial charge in [-0.2, -0.15) is 0 Å². The summed E-state index contributed by atoms with van der Waals surface area (Å²) in [5.74, 6) is 0. The van der Waals surface area contributed by atoms with Crippen molar-refractivity contribution < 1.29 is 0 Å². The molecule has 1 saturated heterocycles. The third kappa shape index (κ3) is 3.44. The fourth-order valence-electron chi connectivity index (χ4n) is 2.76. The molecule has 0 amide bonds. The van der Waals surface area contributed by atoms with E-state index in [2.05, 4.69) is 36.0 Å². The van der Waals surface area contributed by atoms with Crippen LogP contribution in [0.2, 0.25) is 0 Å². The van der Waals surface area contributed by atoms with E-state index in [1.165, 1.54) is 45.4 Å². The van der Waals surface area contributed by atoms with Gasteiger partial charge in [0.05, 0.1) is 0 Å². The Morgan fingerprint density at radius 3 is 2.69 bits per heavy atom. The first kappa shape index (κ1) is 12.3. The van der Waals surface area contributed by atoms with E-state index in [0.717, 1.165) is 18.1 Å². The van der Waals surface area contributed by atoms with Crippen LogP contribution in [0.25, 0.3) is 0 Å². The quantitative estimate of drug-likeness (QED) is 0.757. The van der Waals surface area contributed by atoms with Gasteiger partial charge in [-0.05, 0) is 46.7 Å². The molecule has 3 heteroatoms. The second kappa shape index (κ2) is 5.48. The van der Waals surface area contributed by atoms with E-state index in [9.17, 15) is 0 Å². The predicted molar refractivity (Wildman–Crippen MR) is 68.8 cm³/mol. The van der Waals surface area contributed by atoms with Crippen LogP contribution in [0.5, 0.6) is 0 Å². The fraction of sp³-hybridized carbons (Fsp3) is 1.00. The maximum absolute atomic E-state index is 3.61. The predicted octanol–water partition coefficient (Wildman–Crippen LogP) is 1.15. The molecule has 2 fully saturated rings. The lowest BCUT2D eigenvalue weighted by Crippen LogP contribution is -2.54. The van der Waals surface area contributed by atoms with Gasteiger partial charge >= 0.3 is 0 Å². The van der Waals surface area contributed by atoms with Crippen molar-refractivity contribution in [2.24, 2.45) is 0 Å². The minimum absolute atomic E-state index is 0.717. The SMILES string of the molecule is CC(CCNC1CC1)N1CCN(C)CC1C. The summed E-state index contributed by atoms with van der Waals surface area (Å²) in [5, 5.41) is 3.61. The van der Waals surface area contributed by atoms with Gasteiger partial charge in [-0.1, -0.05) is 0 Å². The van der Waals surface area contributed by atoms with Crippen LogP contribution >= 0.6 is 0 Å². The summed E-state index contributed by atoms with van der Waals surface area (Å²) in [4.78, 5) is 5.12. The topological polar surface area (TPSA) is 18.5 Å². The number of hydrogen-bond donors (Lipinski definition) is 1. The van der Waals surface area contributed by atoms with Crippen molar-refractivity contribution in [2.45, 2.75) is 51.2 Å². The van der Waals surface area contributed by atoms with Crippen LogP contribution in [-0.2, 0) is 0 Å². The lowest BCUT2D eigenvalue weighted by molar-refractivity contribution is 0.0644. The summed E-state index contributed by atoms with van der Waals surface area (Å²) in [6.45, 7) is 9.63. The van der Waals surface area contributed by atoms with Gasteiger partial charge in [0.1, 0.15) is 0 Å². The Bertz CT molecular complexity index is 215. The van der Waals surface area contributed by atoms with Gasteiger partial charge in [0.25, 0.3) is 0 Å². The molecule has 2 atom stereocenters. The standard InChI is InChI=1S/C13H27N3/c1-11(6-7-14-13-4-5-13)16-9-8-15(3)10-12(16)2/h11-14H,4-10H2,1-3H3. The summed E-state index contributed by atoms with van der Waals surface area (Å²) < 4.78 is 0. The Morgan fingerprint density at radius 2 is 2.06 bits per heavy atom. The molecule has 0 aromatic rings. The zero-order valence-corrected chi connectivity index (χ0v) is 11.1. The van der Waals surface area contributed by atoms with Gasteiger partial charge in [-0.25, -0.2) is 0 Å². The third-order valence-electron chi connectivity index (χ3n) is 4.02. The molecule has 0 aromatic heterocycles. The number of piperazine rings is 1. The van der Waals surface area contributed by atoms with Crippen LogP contribution in [0, 0.1) is 0 Å². The first-order valence-electron chi connectivity index (χ1n) is 6.84. The van der Waals surface area contributed by atoms with Crippen LogP contribution in [0.4, 0.5) is 0 Å². The smallest absolute Gasteiger partial charge is 0.0198 e. The maximum atomic E-state index is 3.61. The van der Waals surface area contributed by atoms with Gasteiger partial charge in [0.15, 0.2) is 0 Å². The van der Waals surface area contributed by atoms with Crippen LogP contribution in [0.15, 0.2) is 0 Å². The molecule has 1 aliphatic carbocycles. The molecule has 0 aromatic carbocycles. The largest absolute Gasteiger partial charge is 0.314 e. The molecule has 16 heavy (non-hydrogen) atoms. The van der Waals surface area contributed by atoms with E-state index in [1.54, 1.807) is 0 Å². The molecular weight excluding hydrogens is 198 g/mol. The van der Waals surface area contributed by atoms with E-state index in [4.69, 9.17) is 0 Å². The highest BCUT2D eigenvalue weighted by atomic mass is 15.3. The van der Waals surface area contributed by atoms with E-state index in [1.807, 2.05) is 0 Å². The van der Waals surface area contributed by atoms with E-state index >= 15 is 0 Å². The highest BCUT2D eigenvalue weighted by Crippen LogP contribution is 2.19. The summed E-state index contributed by atoms with van der Waals surface area (Å²) >= 11 is 0. The van der Waals surface area contributed by atoms with Gasteiger partial charge < -0.3 is 10.2 Å². The zero-order chi connectivity index (χ0) is 11.5. The van der Waals surface area contributed by atoms with Crippen LogP contribution in [-0.4, -0.2) is 61.2 Å². The van der Waals surface area contributed by atoms with Crippen molar-refractivity contribution in [2.75, 3.05) is 33.2 Å². The first-order valence-corrected chi connectivity index (χ1v) is 6.84. The lowest BCUT2D eigenvalue weighted by Gasteiger charge is -2.41. The lowest BCUT2D eigenvalue weighted by atomic mass is 10.1. The van der Waals surface area contributed by atoms with E-state index in [0.29, 0.717) is 0 Å². The molecular formula is C13H27N3. The minimum Gasteiger partial charge on any atom is -0.314 e. The minimum atomic E-state index is 0.717. The van der Waals surface area contributed by atoms with Crippen molar-refractivity contribution >= 4 is 0 Å². The Kier molecular flexibility index (Phi) is 4.22. The van der Waals surface area contributed by atoms with Crippen molar-refractivity contribution in [3.8, 4) is 0 Å². The third-order valence-corrected chi connectivity index (χ3v) is 4.02. The molecule has 0 radical (unpaired) electrons. The second-order valence-corrected chi connectivity index (χ2v) is 5.72. The molecule has 1 saturated carbocycles. The van der Waals surface area contributed by atoms with E-state index < -0.39 is 0 Å². The molecule has 2 unspecified atom stereocenters. The number of nitrogens with zero attached hydrogens (tertiary/aromatic N) is 2. The number of nitrogens with one attached hydrogen (secondary N) is 1. The molecule has 2 aliphatic rings. The van der Waals surface area contributed by atoms with Crippen molar-refractivity contribution in [1.82, 2.24) is 15.1 Å². The Labute approximate surface area is 100 Å². The molecule has 94 valence electrons. The first-order chi connectivity index (χ1) is 7.66. The highest BCUT2D eigenvalue weighted by Gasteiger charge is 2.26. The normalized spacial score (nSPS) is 30.6. The molecule has 1 heterocycles. The summed E-state index contributed by atoms with van der Waals surface area (Å²) in [7, 11) is 2.23. The van der Waals surface area contributed by atoms with Crippen LogP contribution in [0.1, 0.15) is 33.1 Å². The Hall–Kier alpha value is -0.120. The summed E-state index contributed by atoms with van der Waals surface area (Å²) in [5.41, 5.74) is 0. The molecule has 0 spiro atoms. The van der Waals surface area contributed by atoms with Crippen molar-refractivity contribution in [3.63, 3.8) is 0 Å². The maximum Gasteiger partial charge on any atom is 0.0198 e. The molecule has 1 aliphatic heterocycles. The van der Waals surface area contributed by atoms with Gasteiger partial charge in [0, 0.05) is 37.8 Å². The Morgan fingerprint density at radius 1 is 1.31 bits per heavy atom. The van der Waals surface area contributed by atoms with Gasteiger partial charge in [0.2, 0.25) is 0 Å². The molecule has 1 N–H and O–H groups in total. The Balaban J connectivity index is 1.68. The van der Waals surface area contributed by atoms with Gasteiger partial charge in [-0.3, -0.25) is 4.90 Å². The molecule has 2 rings (SSSR count). The number of likely N-dealkylation sites (N-methyl/N-ethyl adjacent to an activating group) is 1. The molecule has 0 bridgehead atoms. The highest BCUT2D eigenvalue weighted by molar-refractivity contribution is 4.84. The van der Waals surface area contributed by atoms with Gasteiger partial charge in [-0.15, -0.1) is 0 Å². The van der Waals surface area contributed by atoms with E-state index in [-0.39, 0.29) is 0 Å². The fourth-order valence-corrected chi connectivity index (χ4v) is 2.76. The molecule has 3 nitrogen and oxygen atoms in total. The average molecular weight is 225 g/mol. The number of hydrogen-bond acceptors (Lipinski definition) is 3. The van der Waals surface area contributed by atoms with Crippen LogP contribution in [0.3, 0.4) is 0 Å².